The fourth-order valence-electron chi connectivity index (χ4n) is 2.55. The van der Waals surface area contributed by atoms with E-state index >= 15 is 0 Å². The van der Waals surface area contributed by atoms with Gasteiger partial charge in [0.25, 0.3) is 5.91 Å². The van der Waals surface area contributed by atoms with Crippen molar-refractivity contribution in [2.24, 2.45) is 11.3 Å². The fraction of sp³-hybridized carbons (Fsp3) is 0.444. The van der Waals surface area contributed by atoms with Crippen molar-refractivity contribution in [3.05, 3.63) is 35.4 Å². The average molecular weight is 346 g/mol. The fourth-order valence-corrected chi connectivity index (χ4v) is 2.55. The van der Waals surface area contributed by atoms with Gasteiger partial charge in [0, 0.05) is 18.5 Å². The Bertz CT molecular complexity index is 694. The van der Waals surface area contributed by atoms with Crippen LogP contribution in [0, 0.1) is 11.3 Å². The molecule has 1 atom stereocenters. The topological polar surface area (TPSA) is 113 Å². The van der Waals surface area contributed by atoms with Crippen LogP contribution in [0.25, 0.3) is 0 Å². The molecule has 1 saturated heterocycles. The van der Waals surface area contributed by atoms with E-state index in [1.54, 1.807) is 38.1 Å². The van der Waals surface area contributed by atoms with Crippen molar-refractivity contribution in [3.8, 4) is 0 Å². The van der Waals surface area contributed by atoms with Gasteiger partial charge < -0.3 is 10.4 Å². The number of carboxylic acids is 1. The van der Waals surface area contributed by atoms with Crippen molar-refractivity contribution in [1.29, 1.82) is 0 Å². The minimum absolute atomic E-state index is 0.195. The molecule has 1 fully saturated rings. The van der Waals surface area contributed by atoms with Crippen molar-refractivity contribution in [1.82, 2.24) is 10.6 Å². The second kappa shape index (κ2) is 7.46. The van der Waals surface area contributed by atoms with Crippen molar-refractivity contribution < 1.29 is 24.3 Å². The molecule has 1 unspecified atom stereocenters. The van der Waals surface area contributed by atoms with E-state index in [0.29, 0.717) is 18.4 Å². The number of carbonyl (C=O) groups excluding carboxylic acids is 3. The quantitative estimate of drug-likeness (QED) is 0.641. The molecule has 3 amide bonds. The van der Waals surface area contributed by atoms with Crippen LogP contribution < -0.4 is 10.6 Å². The summed E-state index contributed by atoms with van der Waals surface area (Å²) in [6, 6.07) is 6.82. The van der Waals surface area contributed by atoms with Gasteiger partial charge in [-0.15, -0.1) is 0 Å². The molecule has 2 rings (SSSR count). The summed E-state index contributed by atoms with van der Waals surface area (Å²) in [6.07, 6.45) is 0.976. The molecule has 0 radical (unpaired) electrons. The van der Waals surface area contributed by atoms with Crippen LogP contribution in [0.3, 0.4) is 0 Å². The number of imide groups is 1. The Morgan fingerprint density at radius 2 is 1.88 bits per heavy atom. The summed E-state index contributed by atoms with van der Waals surface area (Å²) in [4.78, 5) is 45.9. The first-order chi connectivity index (χ1) is 11.7. The van der Waals surface area contributed by atoms with Gasteiger partial charge in [0.05, 0.1) is 11.3 Å². The van der Waals surface area contributed by atoms with Crippen LogP contribution in [0.15, 0.2) is 24.3 Å². The van der Waals surface area contributed by atoms with Gasteiger partial charge in [0.1, 0.15) is 0 Å². The van der Waals surface area contributed by atoms with Gasteiger partial charge in [-0.25, -0.2) is 0 Å². The minimum Gasteiger partial charge on any atom is -0.481 e. The summed E-state index contributed by atoms with van der Waals surface area (Å²) in [6.45, 7) is 3.49. The van der Waals surface area contributed by atoms with Gasteiger partial charge in [0.2, 0.25) is 11.8 Å². The van der Waals surface area contributed by atoms with Crippen LogP contribution in [0.1, 0.15) is 42.6 Å². The molecule has 1 aliphatic heterocycles. The number of benzene rings is 1. The number of hydrogen-bond donors (Lipinski definition) is 3. The highest BCUT2D eigenvalue weighted by molar-refractivity contribution is 6.03. The zero-order valence-corrected chi connectivity index (χ0v) is 14.3. The van der Waals surface area contributed by atoms with Gasteiger partial charge in [0.15, 0.2) is 0 Å². The third-order valence-electron chi connectivity index (χ3n) is 4.38. The molecule has 1 aromatic carbocycles. The van der Waals surface area contributed by atoms with E-state index in [1.165, 1.54) is 0 Å². The maximum absolute atomic E-state index is 12.1. The summed E-state index contributed by atoms with van der Waals surface area (Å²) in [5, 5.41) is 14.0. The Balaban J connectivity index is 1.87. The van der Waals surface area contributed by atoms with E-state index in [4.69, 9.17) is 5.11 Å². The van der Waals surface area contributed by atoms with E-state index < -0.39 is 11.4 Å². The minimum atomic E-state index is -0.902. The Kier molecular flexibility index (Phi) is 5.56. The predicted molar refractivity (Wildman–Crippen MR) is 89.8 cm³/mol. The molecule has 25 heavy (non-hydrogen) atoms. The lowest BCUT2D eigenvalue weighted by Crippen LogP contribution is -2.31. The molecule has 1 aliphatic rings. The number of rotatable bonds is 7. The first kappa shape index (κ1) is 18.6. The smallest absolute Gasteiger partial charge is 0.309 e. The van der Waals surface area contributed by atoms with Crippen LogP contribution in [0.5, 0.6) is 0 Å². The summed E-state index contributed by atoms with van der Waals surface area (Å²) < 4.78 is 0. The summed E-state index contributed by atoms with van der Waals surface area (Å²) in [5.74, 6) is -2.05. The summed E-state index contributed by atoms with van der Waals surface area (Å²) >= 11 is 0. The molecule has 0 aliphatic carbocycles. The van der Waals surface area contributed by atoms with Crippen LogP contribution in [0.2, 0.25) is 0 Å². The highest BCUT2D eigenvalue weighted by Gasteiger charge is 2.30. The molecule has 1 aromatic rings. The number of carboxylic acid groups (broad SMARTS) is 1. The number of hydrogen-bond acceptors (Lipinski definition) is 4. The number of amides is 3. The molecule has 1 heterocycles. The van der Waals surface area contributed by atoms with Gasteiger partial charge >= 0.3 is 5.97 Å². The molecule has 7 nitrogen and oxygen atoms in total. The standard InChI is InChI=1S/C18H22N2O5/c1-18(2,17(24)25)7-8-19-15(22)12-5-3-11(4-6-12)9-13-10-14(21)20-16(13)23/h3-6,13H,7-10H2,1-2H3,(H,19,22)(H,24,25)(H,20,21,23). The lowest BCUT2D eigenvalue weighted by Gasteiger charge is -2.18. The van der Waals surface area contributed by atoms with Crippen molar-refractivity contribution in [3.63, 3.8) is 0 Å². The van der Waals surface area contributed by atoms with Gasteiger partial charge in [-0.3, -0.25) is 24.5 Å². The third-order valence-corrected chi connectivity index (χ3v) is 4.38. The molecule has 134 valence electrons. The third kappa shape index (κ3) is 4.89. The largest absolute Gasteiger partial charge is 0.481 e. The van der Waals surface area contributed by atoms with Crippen molar-refractivity contribution in [2.45, 2.75) is 33.1 Å². The summed E-state index contributed by atoms with van der Waals surface area (Å²) in [5.41, 5.74) is 0.443. The zero-order valence-electron chi connectivity index (χ0n) is 14.3. The second-order valence-corrected chi connectivity index (χ2v) is 6.91. The first-order valence-corrected chi connectivity index (χ1v) is 8.13. The van der Waals surface area contributed by atoms with Crippen LogP contribution in [0.4, 0.5) is 0 Å². The number of nitrogens with one attached hydrogen (secondary N) is 2. The Morgan fingerprint density at radius 1 is 1.24 bits per heavy atom. The molecule has 0 saturated carbocycles. The van der Waals surface area contributed by atoms with Crippen LogP contribution in [-0.2, 0) is 20.8 Å². The zero-order chi connectivity index (χ0) is 18.6. The van der Waals surface area contributed by atoms with E-state index in [1.807, 2.05) is 0 Å². The maximum Gasteiger partial charge on any atom is 0.309 e. The SMILES string of the molecule is CC(C)(CCNC(=O)c1ccc(CC2CC(=O)NC2=O)cc1)C(=O)O. The van der Waals surface area contributed by atoms with E-state index in [2.05, 4.69) is 10.6 Å². The van der Waals surface area contributed by atoms with Crippen molar-refractivity contribution in [2.75, 3.05) is 6.54 Å². The van der Waals surface area contributed by atoms with Gasteiger partial charge in [-0.05, 0) is 44.4 Å². The normalized spacial score (nSPS) is 17.3. The summed E-state index contributed by atoms with van der Waals surface area (Å²) in [7, 11) is 0. The predicted octanol–water partition coefficient (Wildman–Crippen LogP) is 1.12. The average Bonchev–Trinajstić information content (AvgIpc) is 2.85. The molecular formula is C18H22N2O5. The molecular weight excluding hydrogens is 324 g/mol. The second-order valence-electron chi connectivity index (χ2n) is 6.91. The molecule has 0 aromatic heterocycles. The Labute approximate surface area is 145 Å². The molecule has 0 bridgehead atoms. The first-order valence-electron chi connectivity index (χ1n) is 8.13. The highest BCUT2D eigenvalue weighted by Crippen LogP contribution is 2.20. The Hall–Kier alpha value is -2.70. The maximum atomic E-state index is 12.1. The monoisotopic (exact) mass is 346 g/mol. The highest BCUT2D eigenvalue weighted by atomic mass is 16.4. The van der Waals surface area contributed by atoms with Gasteiger partial charge in [-0.2, -0.15) is 0 Å². The molecule has 0 spiro atoms. The molecule has 7 heteroatoms. The van der Waals surface area contributed by atoms with E-state index in [-0.39, 0.29) is 36.6 Å². The lowest BCUT2D eigenvalue weighted by molar-refractivity contribution is -0.147. The Morgan fingerprint density at radius 3 is 2.40 bits per heavy atom. The van der Waals surface area contributed by atoms with E-state index in [0.717, 1.165) is 5.56 Å². The van der Waals surface area contributed by atoms with Crippen molar-refractivity contribution >= 4 is 23.7 Å². The number of aliphatic carboxylic acids is 1. The number of carbonyl (C=O) groups is 4. The van der Waals surface area contributed by atoms with Crippen LogP contribution in [-0.4, -0.2) is 35.3 Å². The van der Waals surface area contributed by atoms with E-state index in [9.17, 15) is 19.2 Å². The lowest BCUT2D eigenvalue weighted by atomic mass is 9.89. The molecule has 3 N–H and O–H groups in total. The van der Waals surface area contributed by atoms with Gasteiger partial charge in [-0.1, -0.05) is 12.1 Å². The van der Waals surface area contributed by atoms with Crippen LogP contribution >= 0.6 is 0 Å².